The Balaban J connectivity index is 1.24. The summed E-state index contributed by atoms with van der Waals surface area (Å²) in [7, 11) is 0. The first-order valence-electron chi connectivity index (χ1n) is 12.6. The number of benzene rings is 2. The van der Waals surface area contributed by atoms with E-state index in [1.54, 1.807) is 4.57 Å². The molecule has 0 spiro atoms. The van der Waals surface area contributed by atoms with Gasteiger partial charge in [-0.2, -0.15) is 0 Å². The van der Waals surface area contributed by atoms with Gasteiger partial charge in [-0.3, -0.25) is 4.57 Å². The maximum absolute atomic E-state index is 10.6. The first kappa shape index (κ1) is 24.9. The van der Waals surface area contributed by atoms with Crippen molar-refractivity contribution in [2.75, 3.05) is 51.3 Å². The van der Waals surface area contributed by atoms with Crippen molar-refractivity contribution < 1.29 is 24.8 Å². The van der Waals surface area contributed by atoms with E-state index in [1.807, 2.05) is 48.5 Å². The van der Waals surface area contributed by atoms with Crippen LogP contribution in [-0.4, -0.2) is 94.0 Å². The number of para-hydroxylation sites is 2. The number of piperazine rings is 1. The van der Waals surface area contributed by atoms with Crippen molar-refractivity contribution in [2.45, 2.75) is 37.5 Å². The average Bonchev–Trinajstić information content (AvgIpc) is 3.42. The van der Waals surface area contributed by atoms with E-state index in [9.17, 15) is 15.3 Å². The van der Waals surface area contributed by atoms with Gasteiger partial charge in [0.25, 0.3) is 0 Å². The van der Waals surface area contributed by atoms with E-state index in [0.717, 1.165) is 61.5 Å². The third-order valence-corrected chi connectivity index (χ3v) is 6.81. The number of hydrogen-bond donors (Lipinski definition) is 5. The number of rotatable bonds is 10. The fourth-order valence-electron chi connectivity index (χ4n) is 4.86. The summed E-state index contributed by atoms with van der Waals surface area (Å²) in [4.78, 5) is 7.14. The van der Waals surface area contributed by atoms with Crippen LogP contribution in [0.4, 0.5) is 5.95 Å². The molecule has 0 radical (unpaired) electrons. The summed E-state index contributed by atoms with van der Waals surface area (Å²) in [6.07, 6.45) is -3.14. The van der Waals surface area contributed by atoms with Crippen LogP contribution in [-0.2, 0) is 11.3 Å². The number of ether oxygens (including phenoxy) is 2. The normalized spacial score (nSPS) is 24.9. The Morgan fingerprint density at radius 3 is 2.72 bits per heavy atom. The Hall–Kier alpha value is -2.73. The van der Waals surface area contributed by atoms with E-state index in [1.165, 1.54) is 0 Å². The monoisotopic (exact) mass is 497 g/mol. The molecule has 2 aliphatic rings. The fourth-order valence-corrected chi connectivity index (χ4v) is 4.86. The van der Waals surface area contributed by atoms with Crippen LogP contribution in [0.15, 0.2) is 48.5 Å². The molecule has 2 aromatic carbocycles. The molecule has 2 fully saturated rings. The molecule has 5 N–H and O–H groups in total. The fraction of sp³-hybridized carbons (Fsp3) is 0.500. The zero-order chi connectivity index (χ0) is 24.9. The molecule has 10 nitrogen and oxygen atoms in total. The third kappa shape index (κ3) is 5.49. The van der Waals surface area contributed by atoms with Crippen LogP contribution in [0.5, 0.6) is 5.75 Å². The first-order chi connectivity index (χ1) is 17.6. The molecule has 5 rings (SSSR count). The Kier molecular flexibility index (Phi) is 8.00. The largest absolute Gasteiger partial charge is 0.494 e. The molecule has 0 amide bonds. The van der Waals surface area contributed by atoms with Gasteiger partial charge in [-0.1, -0.05) is 24.3 Å². The third-order valence-electron chi connectivity index (χ3n) is 6.81. The van der Waals surface area contributed by atoms with E-state index in [2.05, 4.69) is 20.5 Å². The van der Waals surface area contributed by atoms with Crippen LogP contribution in [0.2, 0.25) is 0 Å². The maximum atomic E-state index is 10.6. The lowest BCUT2D eigenvalue weighted by molar-refractivity contribution is -0.0499. The van der Waals surface area contributed by atoms with Gasteiger partial charge in [0.2, 0.25) is 5.95 Å². The lowest BCUT2D eigenvalue weighted by atomic mass is 10.1. The van der Waals surface area contributed by atoms with Gasteiger partial charge in [0, 0.05) is 39.3 Å². The van der Waals surface area contributed by atoms with Gasteiger partial charge in [0.15, 0.2) is 6.23 Å². The van der Waals surface area contributed by atoms with Gasteiger partial charge < -0.3 is 40.3 Å². The molecular weight excluding hydrogens is 462 g/mol. The summed E-state index contributed by atoms with van der Waals surface area (Å²) in [5.41, 5.74) is 2.52. The number of aliphatic hydroxyl groups excluding tert-OH is 3. The minimum absolute atomic E-state index is 0.383. The van der Waals surface area contributed by atoms with E-state index < -0.39 is 24.5 Å². The molecule has 3 aromatic rings. The number of hydrogen-bond acceptors (Lipinski definition) is 9. The van der Waals surface area contributed by atoms with Gasteiger partial charge >= 0.3 is 0 Å². The van der Waals surface area contributed by atoms with E-state index in [-0.39, 0.29) is 6.61 Å². The second kappa shape index (κ2) is 11.5. The number of nitrogens with zero attached hydrogens (tertiary/aromatic N) is 3. The predicted octanol–water partition coefficient (Wildman–Crippen LogP) is 0.934. The molecule has 194 valence electrons. The summed E-state index contributed by atoms with van der Waals surface area (Å²) < 4.78 is 13.5. The Morgan fingerprint density at radius 2 is 1.92 bits per heavy atom. The SMILES string of the molecule is OC[C@H]1O[C@@H](n2c(NCc3cccc(OCCCN4CCNCC4)c3)nc3ccccc32)[C@H](O)[C@@H]1O. The number of anilines is 1. The summed E-state index contributed by atoms with van der Waals surface area (Å²) in [6, 6.07) is 15.5. The Morgan fingerprint density at radius 1 is 1.08 bits per heavy atom. The maximum Gasteiger partial charge on any atom is 0.206 e. The van der Waals surface area contributed by atoms with Crippen LogP contribution < -0.4 is 15.4 Å². The zero-order valence-electron chi connectivity index (χ0n) is 20.3. The van der Waals surface area contributed by atoms with Crippen molar-refractivity contribution in [2.24, 2.45) is 0 Å². The molecular formula is C26H35N5O5. The highest BCUT2D eigenvalue weighted by atomic mass is 16.6. The quantitative estimate of drug-likeness (QED) is 0.260. The smallest absolute Gasteiger partial charge is 0.206 e. The summed E-state index contributed by atoms with van der Waals surface area (Å²) in [6.45, 7) is 6.10. The van der Waals surface area contributed by atoms with Crippen molar-refractivity contribution >= 4 is 17.0 Å². The Bertz CT molecular complexity index is 1130. The topological polar surface area (TPSA) is 124 Å². The van der Waals surface area contributed by atoms with Gasteiger partial charge in [0.05, 0.1) is 24.2 Å². The van der Waals surface area contributed by atoms with Crippen molar-refractivity contribution in [1.82, 2.24) is 19.8 Å². The van der Waals surface area contributed by atoms with Crippen LogP contribution in [0.1, 0.15) is 18.2 Å². The van der Waals surface area contributed by atoms with Crippen LogP contribution >= 0.6 is 0 Å². The van der Waals surface area contributed by atoms with Gasteiger partial charge in [-0.05, 0) is 36.2 Å². The highest BCUT2D eigenvalue weighted by Crippen LogP contribution is 2.35. The molecule has 10 heteroatoms. The minimum atomic E-state index is -1.20. The molecule has 36 heavy (non-hydrogen) atoms. The molecule has 0 unspecified atom stereocenters. The van der Waals surface area contributed by atoms with Crippen molar-refractivity contribution in [3.05, 3.63) is 54.1 Å². The molecule has 3 heterocycles. The second-order valence-electron chi connectivity index (χ2n) is 9.32. The molecule has 0 bridgehead atoms. The van der Waals surface area contributed by atoms with Crippen LogP contribution in [0, 0.1) is 0 Å². The molecule has 2 aliphatic heterocycles. The summed E-state index contributed by atoms with van der Waals surface area (Å²) in [5.74, 6) is 1.33. The zero-order valence-corrected chi connectivity index (χ0v) is 20.3. The molecule has 2 saturated heterocycles. The van der Waals surface area contributed by atoms with E-state index >= 15 is 0 Å². The highest BCUT2D eigenvalue weighted by Gasteiger charge is 2.44. The minimum Gasteiger partial charge on any atom is -0.494 e. The number of fused-ring (bicyclic) bond motifs is 1. The second-order valence-corrected chi connectivity index (χ2v) is 9.32. The molecule has 1 aromatic heterocycles. The molecule has 0 saturated carbocycles. The van der Waals surface area contributed by atoms with Crippen molar-refractivity contribution in [1.29, 1.82) is 0 Å². The average molecular weight is 498 g/mol. The van der Waals surface area contributed by atoms with Crippen molar-refractivity contribution in [3.8, 4) is 5.75 Å². The highest BCUT2D eigenvalue weighted by molar-refractivity contribution is 5.78. The number of nitrogens with one attached hydrogen (secondary N) is 2. The standard InChI is InChI=1S/C26H35N5O5/c32-17-22-23(33)24(34)25(36-22)31-21-8-2-1-7-20(21)29-26(31)28-16-18-5-3-6-19(15-18)35-14-4-11-30-12-9-27-10-13-30/h1-3,5-8,15,22-25,27,32-34H,4,9-14,16-17H2,(H,28,29)/t22-,23-,24-,25-/m1/s1. The van der Waals surface area contributed by atoms with Gasteiger partial charge in [-0.25, -0.2) is 4.98 Å². The predicted molar refractivity (Wildman–Crippen MR) is 136 cm³/mol. The number of imidazole rings is 1. The number of aromatic nitrogens is 2. The van der Waals surface area contributed by atoms with Gasteiger partial charge in [0.1, 0.15) is 24.1 Å². The summed E-state index contributed by atoms with van der Waals surface area (Å²) in [5, 5.41) is 37.2. The lowest BCUT2D eigenvalue weighted by Crippen LogP contribution is -2.43. The van der Waals surface area contributed by atoms with E-state index in [0.29, 0.717) is 19.1 Å². The number of aliphatic hydroxyl groups is 3. The summed E-state index contributed by atoms with van der Waals surface area (Å²) >= 11 is 0. The van der Waals surface area contributed by atoms with Crippen molar-refractivity contribution in [3.63, 3.8) is 0 Å². The molecule has 0 aliphatic carbocycles. The lowest BCUT2D eigenvalue weighted by Gasteiger charge is -2.26. The molecule has 4 atom stereocenters. The van der Waals surface area contributed by atoms with E-state index in [4.69, 9.17) is 9.47 Å². The Labute approximate surface area is 210 Å². The van der Waals surface area contributed by atoms with Gasteiger partial charge in [-0.15, -0.1) is 0 Å². The van der Waals surface area contributed by atoms with Crippen LogP contribution in [0.3, 0.4) is 0 Å². The van der Waals surface area contributed by atoms with Crippen LogP contribution in [0.25, 0.3) is 11.0 Å². The first-order valence-corrected chi connectivity index (χ1v) is 12.6.